The number of ketones is 1. The number of nitrogens with zero attached hydrogens (tertiary/aromatic N) is 3. The monoisotopic (exact) mass is 509 g/mol. The van der Waals surface area contributed by atoms with E-state index in [1.54, 1.807) is 49.6 Å². The third-order valence-corrected chi connectivity index (χ3v) is 6.35. The summed E-state index contributed by atoms with van der Waals surface area (Å²) in [6.45, 7) is 3.93. The van der Waals surface area contributed by atoms with Crippen LogP contribution in [0.4, 0.5) is 0 Å². The lowest BCUT2D eigenvalue weighted by atomic mass is 10.1. The molecule has 0 bridgehead atoms. The number of ether oxygens (including phenoxy) is 1. The smallest absolute Gasteiger partial charge is 0.346 e. The molecule has 2 aromatic carbocycles. The molecular formula is C24H26Cl3N3O3. The van der Waals surface area contributed by atoms with Gasteiger partial charge < -0.3 is 4.74 Å². The molecule has 0 spiro atoms. The molecule has 0 aliphatic rings. The lowest BCUT2D eigenvalue weighted by Crippen LogP contribution is -2.36. The molecule has 0 aliphatic carbocycles. The van der Waals surface area contributed by atoms with Gasteiger partial charge in [-0.15, -0.1) is 5.10 Å². The van der Waals surface area contributed by atoms with Crippen molar-refractivity contribution in [1.82, 2.24) is 14.3 Å². The summed E-state index contributed by atoms with van der Waals surface area (Å²) in [5, 5.41) is 6.21. The molecular weight excluding hydrogens is 485 g/mol. The highest BCUT2D eigenvalue weighted by Crippen LogP contribution is 2.26. The van der Waals surface area contributed by atoms with Crippen LogP contribution in [0.5, 0.6) is 0 Å². The molecule has 6 nitrogen and oxygen atoms in total. The Kier molecular flexibility index (Phi) is 8.40. The number of hydrogen-bond donors (Lipinski definition) is 0. The van der Waals surface area contributed by atoms with Crippen molar-refractivity contribution in [3.05, 3.63) is 73.6 Å². The van der Waals surface area contributed by atoms with Crippen molar-refractivity contribution in [1.29, 1.82) is 0 Å². The molecule has 0 saturated heterocycles. The average Bonchev–Trinajstić information content (AvgIpc) is 3.05. The molecule has 3 rings (SSSR count). The molecule has 0 fully saturated rings. The third-order valence-electron chi connectivity index (χ3n) is 5.39. The van der Waals surface area contributed by atoms with E-state index >= 15 is 0 Å². The molecule has 3 aromatic rings. The highest BCUT2D eigenvalue weighted by molar-refractivity contribution is 6.36. The van der Waals surface area contributed by atoms with E-state index in [-0.39, 0.29) is 31.0 Å². The maximum absolute atomic E-state index is 13.1. The number of benzene rings is 2. The van der Waals surface area contributed by atoms with Gasteiger partial charge in [0.15, 0.2) is 11.6 Å². The zero-order chi connectivity index (χ0) is 24.2. The van der Waals surface area contributed by atoms with Crippen molar-refractivity contribution in [2.45, 2.75) is 51.8 Å². The predicted molar refractivity (Wildman–Crippen MR) is 132 cm³/mol. The van der Waals surface area contributed by atoms with Crippen LogP contribution in [-0.2, 0) is 29.0 Å². The molecule has 176 valence electrons. The van der Waals surface area contributed by atoms with Crippen molar-refractivity contribution in [2.75, 3.05) is 7.11 Å². The maximum Gasteiger partial charge on any atom is 0.346 e. The molecule has 0 amide bonds. The van der Waals surface area contributed by atoms with Crippen LogP contribution < -0.4 is 5.69 Å². The van der Waals surface area contributed by atoms with E-state index in [0.717, 1.165) is 11.1 Å². The number of carbonyl (C=O) groups is 1. The van der Waals surface area contributed by atoms with Crippen LogP contribution in [0.2, 0.25) is 15.1 Å². The number of carbonyl (C=O) groups excluding carboxylic acids is 1. The number of halogens is 3. The molecule has 0 N–H and O–H groups in total. The second kappa shape index (κ2) is 10.9. The van der Waals surface area contributed by atoms with Gasteiger partial charge in [0, 0.05) is 34.2 Å². The van der Waals surface area contributed by atoms with Crippen LogP contribution >= 0.6 is 34.8 Å². The Morgan fingerprint density at radius 1 is 1.06 bits per heavy atom. The van der Waals surface area contributed by atoms with Gasteiger partial charge in [-0.1, -0.05) is 40.9 Å². The first-order chi connectivity index (χ1) is 15.6. The van der Waals surface area contributed by atoms with Gasteiger partial charge in [0.2, 0.25) is 0 Å². The average molecular weight is 511 g/mol. The van der Waals surface area contributed by atoms with E-state index in [4.69, 9.17) is 39.5 Å². The number of methoxy groups -OCH3 is 1. The van der Waals surface area contributed by atoms with Gasteiger partial charge in [-0.3, -0.25) is 9.36 Å². The van der Waals surface area contributed by atoms with E-state index in [1.807, 2.05) is 13.8 Å². The molecule has 0 atom stereocenters. The Balaban J connectivity index is 1.78. The van der Waals surface area contributed by atoms with Crippen LogP contribution in [0.3, 0.4) is 0 Å². The normalized spacial score (nSPS) is 11.7. The third kappa shape index (κ3) is 6.48. The van der Waals surface area contributed by atoms with Crippen molar-refractivity contribution in [3.8, 4) is 11.4 Å². The first-order valence-electron chi connectivity index (χ1n) is 10.5. The van der Waals surface area contributed by atoms with E-state index in [9.17, 15) is 9.59 Å². The van der Waals surface area contributed by atoms with E-state index in [1.165, 1.54) is 9.25 Å². The van der Waals surface area contributed by atoms with Crippen molar-refractivity contribution in [3.63, 3.8) is 0 Å². The van der Waals surface area contributed by atoms with Crippen LogP contribution in [0.15, 0.2) is 47.3 Å². The molecule has 1 heterocycles. The molecule has 0 unspecified atom stereocenters. The Morgan fingerprint density at radius 3 is 2.30 bits per heavy atom. The van der Waals surface area contributed by atoms with Gasteiger partial charge in [0.05, 0.1) is 12.1 Å². The Labute approximate surface area is 208 Å². The highest BCUT2D eigenvalue weighted by atomic mass is 35.5. The molecule has 9 heteroatoms. The summed E-state index contributed by atoms with van der Waals surface area (Å²) in [5.41, 5.74) is 0.578. The van der Waals surface area contributed by atoms with Gasteiger partial charge in [-0.2, -0.15) is 0 Å². The van der Waals surface area contributed by atoms with Gasteiger partial charge in [0.1, 0.15) is 6.54 Å². The second-order valence-electron chi connectivity index (χ2n) is 8.41. The van der Waals surface area contributed by atoms with E-state index in [0.29, 0.717) is 33.7 Å². The van der Waals surface area contributed by atoms with E-state index in [2.05, 4.69) is 5.10 Å². The van der Waals surface area contributed by atoms with Gasteiger partial charge in [-0.25, -0.2) is 9.48 Å². The van der Waals surface area contributed by atoms with Crippen LogP contribution in [-0.4, -0.2) is 32.8 Å². The summed E-state index contributed by atoms with van der Waals surface area (Å²) < 4.78 is 8.25. The fourth-order valence-corrected chi connectivity index (χ4v) is 4.14. The molecule has 0 aliphatic heterocycles. The number of rotatable bonds is 10. The Bertz CT molecular complexity index is 1160. The highest BCUT2D eigenvalue weighted by Gasteiger charge is 2.24. The molecule has 1 aromatic heterocycles. The summed E-state index contributed by atoms with van der Waals surface area (Å²) in [7, 11) is 1.59. The minimum atomic E-state index is -0.600. The summed E-state index contributed by atoms with van der Waals surface area (Å²) in [6.07, 6.45) is 1.42. The fraction of sp³-hybridized carbons (Fsp3) is 0.375. The summed E-state index contributed by atoms with van der Waals surface area (Å²) in [5.74, 6) is 0.357. The SMILES string of the molecule is COC(C)(C)Cn1c(-c2ccc(Cl)cc2)nn(CC(=O)CCCc2c(Cl)cccc2Cl)c1=O. The number of hydrogen-bond acceptors (Lipinski definition) is 4. The van der Waals surface area contributed by atoms with Crippen molar-refractivity contribution >= 4 is 40.6 Å². The van der Waals surface area contributed by atoms with Crippen LogP contribution in [0.25, 0.3) is 11.4 Å². The summed E-state index contributed by atoms with van der Waals surface area (Å²) in [6, 6.07) is 12.4. The van der Waals surface area contributed by atoms with E-state index < -0.39 is 5.60 Å². The molecule has 0 radical (unpaired) electrons. The lowest BCUT2D eigenvalue weighted by molar-refractivity contribution is -0.119. The van der Waals surface area contributed by atoms with Crippen molar-refractivity contribution in [2.24, 2.45) is 0 Å². The van der Waals surface area contributed by atoms with Crippen LogP contribution in [0.1, 0.15) is 32.3 Å². The second-order valence-corrected chi connectivity index (χ2v) is 9.66. The zero-order valence-electron chi connectivity index (χ0n) is 18.8. The first-order valence-corrected chi connectivity index (χ1v) is 11.7. The van der Waals surface area contributed by atoms with Gasteiger partial charge in [0.25, 0.3) is 0 Å². The van der Waals surface area contributed by atoms with Crippen LogP contribution in [0, 0.1) is 0 Å². The topological polar surface area (TPSA) is 66.1 Å². The number of Topliss-reactive ketones (excluding diaryl/α,β-unsaturated/α-hetero) is 1. The summed E-state index contributed by atoms with van der Waals surface area (Å²) >= 11 is 18.4. The minimum Gasteiger partial charge on any atom is -0.377 e. The zero-order valence-corrected chi connectivity index (χ0v) is 21.0. The molecule has 0 saturated carbocycles. The lowest BCUT2D eigenvalue weighted by Gasteiger charge is -2.23. The minimum absolute atomic E-state index is 0.0985. The quantitative estimate of drug-likeness (QED) is 0.351. The predicted octanol–water partition coefficient (Wildman–Crippen LogP) is 5.69. The standard InChI is InChI=1S/C24H26Cl3N3O3/c1-24(2,33-3)15-29-22(16-10-12-17(25)13-11-16)28-30(23(29)32)14-18(31)6-4-7-19-20(26)8-5-9-21(19)27/h5,8-13H,4,6-7,14-15H2,1-3H3. The van der Waals surface area contributed by atoms with Gasteiger partial charge in [-0.05, 0) is 68.7 Å². The Hall–Kier alpha value is -2.12. The van der Waals surface area contributed by atoms with Gasteiger partial charge >= 0.3 is 5.69 Å². The molecule has 33 heavy (non-hydrogen) atoms. The number of aromatic nitrogens is 3. The first kappa shape index (κ1) is 25.5. The largest absolute Gasteiger partial charge is 0.377 e. The fourth-order valence-electron chi connectivity index (χ4n) is 3.42. The van der Waals surface area contributed by atoms with Crippen molar-refractivity contribution < 1.29 is 9.53 Å². The summed E-state index contributed by atoms with van der Waals surface area (Å²) in [4.78, 5) is 25.8. The maximum atomic E-state index is 13.1. The Morgan fingerprint density at radius 2 is 1.70 bits per heavy atom.